The molecule has 0 aliphatic rings. The SMILES string of the molecule is CN=C(NCC#Cc1cccc(C(F)(F)F)c1)NC(C)CCS(C)(=O)=O. The van der Waals surface area contributed by atoms with Crippen molar-refractivity contribution >= 4 is 15.8 Å². The van der Waals surface area contributed by atoms with Crippen molar-refractivity contribution in [3.8, 4) is 11.8 Å². The first-order chi connectivity index (χ1) is 12.0. The summed E-state index contributed by atoms with van der Waals surface area (Å²) in [6.07, 6.45) is -2.80. The van der Waals surface area contributed by atoms with Crippen LogP contribution < -0.4 is 10.6 Å². The highest BCUT2D eigenvalue weighted by atomic mass is 32.2. The molecule has 1 aromatic rings. The van der Waals surface area contributed by atoms with E-state index in [1.807, 2.05) is 6.92 Å². The van der Waals surface area contributed by atoms with Crippen LogP contribution >= 0.6 is 0 Å². The van der Waals surface area contributed by atoms with Crippen LogP contribution in [0, 0.1) is 11.8 Å². The van der Waals surface area contributed by atoms with Crippen LogP contribution in [0.25, 0.3) is 0 Å². The zero-order chi connectivity index (χ0) is 19.8. The van der Waals surface area contributed by atoms with Gasteiger partial charge in [-0.15, -0.1) is 0 Å². The minimum absolute atomic E-state index is 0.0630. The number of halogens is 3. The summed E-state index contributed by atoms with van der Waals surface area (Å²) >= 11 is 0. The summed E-state index contributed by atoms with van der Waals surface area (Å²) in [5, 5.41) is 5.93. The van der Waals surface area contributed by atoms with E-state index < -0.39 is 21.6 Å². The van der Waals surface area contributed by atoms with Crippen LogP contribution in [0.1, 0.15) is 24.5 Å². The molecule has 0 heterocycles. The predicted octanol–water partition coefficient (Wildman–Crippen LogP) is 2.05. The average molecular weight is 389 g/mol. The monoisotopic (exact) mass is 389 g/mol. The Morgan fingerprint density at radius 2 is 2.04 bits per heavy atom. The third-order valence-corrected chi connectivity index (χ3v) is 4.27. The highest BCUT2D eigenvalue weighted by Crippen LogP contribution is 2.29. The fourth-order valence-corrected chi connectivity index (χ4v) is 2.72. The summed E-state index contributed by atoms with van der Waals surface area (Å²) in [5.41, 5.74) is -0.472. The van der Waals surface area contributed by atoms with Crippen LogP contribution in [0.3, 0.4) is 0 Å². The first kappa shape index (κ1) is 21.8. The molecule has 0 fully saturated rings. The number of guanidine groups is 1. The van der Waals surface area contributed by atoms with E-state index in [1.165, 1.54) is 18.4 Å². The van der Waals surface area contributed by atoms with E-state index in [-0.39, 0.29) is 23.9 Å². The Labute approximate surface area is 152 Å². The normalized spacial score (nSPS) is 13.5. The van der Waals surface area contributed by atoms with Crippen LogP contribution in [0.4, 0.5) is 13.2 Å². The highest BCUT2D eigenvalue weighted by Gasteiger charge is 2.30. The molecule has 26 heavy (non-hydrogen) atoms. The largest absolute Gasteiger partial charge is 0.416 e. The van der Waals surface area contributed by atoms with Gasteiger partial charge in [-0.1, -0.05) is 17.9 Å². The molecule has 1 rings (SSSR count). The van der Waals surface area contributed by atoms with Gasteiger partial charge in [0.25, 0.3) is 0 Å². The molecule has 0 radical (unpaired) electrons. The minimum atomic E-state index is -4.40. The third-order valence-electron chi connectivity index (χ3n) is 3.30. The quantitative estimate of drug-likeness (QED) is 0.459. The van der Waals surface area contributed by atoms with Crippen molar-refractivity contribution in [2.24, 2.45) is 4.99 Å². The van der Waals surface area contributed by atoms with Gasteiger partial charge < -0.3 is 10.6 Å². The number of aliphatic imine (C=N–C) groups is 1. The number of hydrogen-bond donors (Lipinski definition) is 2. The topological polar surface area (TPSA) is 70.6 Å². The van der Waals surface area contributed by atoms with Crippen molar-refractivity contribution in [2.45, 2.75) is 25.6 Å². The Hall–Kier alpha value is -2.21. The van der Waals surface area contributed by atoms with E-state index in [2.05, 4.69) is 27.5 Å². The molecule has 0 saturated carbocycles. The van der Waals surface area contributed by atoms with Crippen molar-refractivity contribution in [2.75, 3.05) is 25.6 Å². The number of benzene rings is 1. The van der Waals surface area contributed by atoms with E-state index in [1.54, 1.807) is 7.05 Å². The summed E-state index contributed by atoms with van der Waals surface area (Å²) in [5.74, 6) is 5.89. The van der Waals surface area contributed by atoms with Crippen LogP contribution in [-0.4, -0.2) is 46.0 Å². The Bertz CT molecular complexity index is 793. The van der Waals surface area contributed by atoms with Gasteiger partial charge in [0.05, 0.1) is 17.9 Å². The Morgan fingerprint density at radius 3 is 2.62 bits per heavy atom. The van der Waals surface area contributed by atoms with E-state index in [9.17, 15) is 21.6 Å². The summed E-state index contributed by atoms with van der Waals surface area (Å²) in [6.45, 7) is 2.00. The molecule has 0 aliphatic heterocycles. The first-order valence-electron chi connectivity index (χ1n) is 7.82. The maximum atomic E-state index is 12.6. The summed E-state index contributed by atoms with van der Waals surface area (Å²) in [4.78, 5) is 3.99. The van der Waals surface area contributed by atoms with E-state index in [0.717, 1.165) is 12.1 Å². The highest BCUT2D eigenvalue weighted by molar-refractivity contribution is 7.90. The number of rotatable bonds is 5. The van der Waals surface area contributed by atoms with Crippen LogP contribution in [0.5, 0.6) is 0 Å². The molecular weight excluding hydrogens is 367 g/mol. The minimum Gasteiger partial charge on any atom is -0.354 e. The van der Waals surface area contributed by atoms with Crippen molar-refractivity contribution in [1.82, 2.24) is 10.6 Å². The fraction of sp³-hybridized carbons (Fsp3) is 0.471. The number of nitrogens with one attached hydrogen (secondary N) is 2. The molecule has 0 aliphatic carbocycles. The van der Waals surface area contributed by atoms with Crippen molar-refractivity contribution in [3.63, 3.8) is 0 Å². The molecule has 1 aromatic carbocycles. The summed E-state index contributed by atoms with van der Waals surface area (Å²) in [7, 11) is -1.48. The molecule has 0 saturated heterocycles. The van der Waals surface area contributed by atoms with E-state index >= 15 is 0 Å². The molecular formula is C17H22F3N3O2S. The maximum Gasteiger partial charge on any atom is 0.416 e. The van der Waals surface area contributed by atoms with Gasteiger partial charge >= 0.3 is 6.18 Å². The van der Waals surface area contributed by atoms with Crippen molar-refractivity contribution in [1.29, 1.82) is 0 Å². The van der Waals surface area contributed by atoms with E-state index in [0.29, 0.717) is 12.4 Å². The van der Waals surface area contributed by atoms with Gasteiger partial charge in [-0.25, -0.2) is 8.42 Å². The maximum absolute atomic E-state index is 12.6. The van der Waals surface area contributed by atoms with Gasteiger partial charge in [-0.3, -0.25) is 4.99 Å². The molecule has 0 bridgehead atoms. The molecule has 2 N–H and O–H groups in total. The van der Waals surface area contributed by atoms with Crippen molar-refractivity contribution < 1.29 is 21.6 Å². The number of hydrogen-bond acceptors (Lipinski definition) is 3. The zero-order valence-corrected chi connectivity index (χ0v) is 15.6. The molecule has 1 atom stereocenters. The Morgan fingerprint density at radius 1 is 1.35 bits per heavy atom. The van der Waals surface area contributed by atoms with Crippen LogP contribution in [-0.2, 0) is 16.0 Å². The smallest absolute Gasteiger partial charge is 0.354 e. The Kier molecular flexibility index (Phi) is 7.96. The number of nitrogens with zero attached hydrogens (tertiary/aromatic N) is 1. The third kappa shape index (κ3) is 8.76. The summed E-state index contributed by atoms with van der Waals surface area (Å²) < 4.78 is 60.3. The zero-order valence-electron chi connectivity index (χ0n) is 14.8. The molecule has 0 aromatic heterocycles. The second-order valence-electron chi connectivity index (χ2n) is 5.77. The predicted molar refractivity (Wildman–Crippen MR) is 96.6 cm³/mol. The second kappa shape index (κ2) is 9.48. The lowest BCUT2D eigenvalue weighted by molar-refractivity contribution is -0.137. The molecule has 0 spiro atoms. The fourth-order valence-electron chi connectivity index (χ4n) is 1.94. The number of sulfone groups is 1. The van der Waals surface area contributed by atoms with Gasteiger partial charge in [0, 0.05) is 24.9 Å². The lowest BCUT2D eigenvalue weighted by atomic mass is 10.1. The van der Waals surface area contributed by atoms with Gasteiger partial charge in [0.2, 0.25) is 0 Å². The van der Waals surface area contributed by atoms with Crippen LogP contribution in [0.2, 0.25) is 0 Å². The first-order valence-corrected chi connectivity index (χ1v) is 9.88. The Balaban J connectivity index is 2.55. The van der Waals surface area contributed by atoms with Crippen molar-refractivity contribution in [3.05, 3.63) is 35.4 Å². The van der Waals surface area contributed by atoms with Gasteiger partial charge in [0.15, 0.2) is 5.96 Å². The second-order valence-corrected chi connectivity index (χ2v) is 8.03. The van der Waals surface area contributed by atoms with Gasteiger partial charge in [-0.05, 0) is 31.5 Å². The molecule has 5 nitrogen and oxygen atoms in total. The summed E-state index contributed by atoms with van der Waals surface area (Å²) in [6, 6.07) is 4.68. The number of alkyl halides is 3. The lowest BCUT2D eigenvalue weighted by Gasteiger charge is -2.16. The van der Waals surface area contributed by atoms with Crippen LogP contribution in [0.15, 0.2) is 29.3 Å². The molecule has 1 unspecified atom stereocenters. The lowest BCUT2D eigenvalue weighted by Crippen LogP contribution is -2.42. The standard InChI is InChI=1S/C17H22F3N3O2S/c1-13(9-11-26(3,24)25)23-16(21-2)22-10-5-7-14-6-4-8-15(12-14)17(18,19)20/h4,6,8,12-13H,9-11H2,1-3H3,(H2,21,22,23). The molecule has 0 amide bonds. The molecule has 144 valence electrons. The molecule has 9 heteroatoms. The average Bonchev–Trinajstić information content (AvgIpc) is 2.54. The van der Waals surface area contributed by atoms with Gasteiger partial charge in [-0.2, -0.15) is 13.2 Å². The van der Waals surface area contributed by atoms with E-state index in [4.69, 9.17) is 0 Å². The van der Waals surface area contributed by atoms with Gasteiger partial charge in [0.1, 0.15) is 9.84 Å².